The minimum Gasteiger partial charge on any atom is -0.463 e. The Hall–Kier alpha value is -3.17. The SMILES string of the molecule is Clc1ccc(Nc2nc3nonc3nc2N/N=C/c2ccco2)cc1Cl. The second kappa shape index (κ2) is 6.98. The van der Waals surface area contributed by atoms with Crippen LogP contribution in [-0.2, 0) is 0 Å². The van der Waals surface area contributed by atoms with Gasteiger partial charge in [0.1, 0.15) is 5.76 Å². The van der Waals surface area contributed by atoms with Crippen LogP contribution in [0.2, 0.25) is 10.0 Å². The average Bonchev–Trinajstić information content (AvgIpc) is 3.29. The van der Waals surface area contributed by atoms with Crippen molar-refractivity contribution in [3.8, 4) is 0 Å². The maximum absolute atomic E-state index is 6.04. The van der Waals surface area contributed by atoms with E-state index in [4.69, 9.17) is 27.6 Å². The molecular formula is C15H9Cl2N7O2. The van der Waals surface area contributed by atoms with Gasteiger partial charge in [0.2, 0.25) is 11.3 Å². The van der Waals surface area contributed by atoms with E-state index in [0.29, 0.717) is 33.1 Å². The predicted octanol–water partition coefficient (Wildman–Crippen LogP) is 4.10. The minimum absolute atomic E-state index is 0.236. The van der Waals surface area contributed by atoms with Crippen molar-refractivity contribution < 1.29 is 9.05 Å². The van der Waals surface area contributed by atoms with Gasteiger partial charge in [-0.15, -0.1) is 0 Å². The molecule has 1 aromatic carbocycles. The number of rotatable bonds is 5. The highest BCUT2D eigenvalue weighted by Gasteiger charge is 2.13. The van der Waals surface area contributed by atoms with E-state index in [1.165, 1.54) is 6.21 Å². The molecule has 3 heterocycles. The summed E-state index contributed by atoms with van der Waals surface area (Å²) in [5.74, 6) is 1.24. The molecule has 26 heavy (non-hydrogen) atoms. The van der Waals surface area contributed by atoms with Gasteiger partial charge in [-0.1, -0.05) is 23.2 Å². The number of nitrogens with one attached hydrogen (secondary N) is 2. The van der Waals surface area contributed by atoms with Gasteiger partial charge in [-0.2, -0.15) is 10.1 Å². The summed E-state index contributed by atoms with van der Waals surface area (Å²) in [4.78, 5) is 8.60. The van der Waals surface area contributed by atoms with Crippen molar-refractivity contribution in [3.63, 3.8) is 0 Å². The van der Waals surface area contributed by atoms with E-state index in [1.807, 2.05) is 0 Å². The van der Waals surface area contributed by atoms with E-state index in [-0.39, 0.29) is 11.3 Å². The summed E-state index contributed by atoms with van der Waals surface area (Å²) in [6.07, 6.45) is 3.04. The highest BCUT2D eigenvalue weighted by atomic mass is 35.5. The highest BCUT2D eigenvalue weighted by molar-refractivity contribution is 6.42. The summed E-state index contributed by atoms with van der Waals surface area (Å²) >= 11 is 12.0. The number of aromatic nitrogens is 4. The lowest BCUT2D eigenvalue weighted by molar-refractivity contribution is 0.314. The van der Waals surface area contributed by atoms with Gasteiger partial charge in [-0.05, 0) is 40.6 Å². The molecule has 130 valence electrons. The van der Waals surface area contributed by atoms with Crippen LogP contribution in [-0.4, -0.2) is 26.5 Å². The van der Waals surface area contributed by atoms with Crippen LogP contribution in [0, 0.1) is 0 Å². The lowest BCUT2D eigenvalue weighted by Gasteiger charge is -2.09. The molecule has 0 saturated carbocycles. The second-order valence-electron chi connectivity index (χ2n) is 4.97. The van der Waals surface area contributed by atoms with Crippen molar-refractivity contribution >= 4 is 58.0 Å². The Balaban J connectivity index is 1.65. The molecule has 4 rings (SSSR count). The third kappa shape index (κ3) is 3.44. The number of hydrazone groups is 1. The number of hydrogen-bond donors (Lipinski definition) is 2. The first-order chi connectivity index (χ1) is 12.7. The molecule has 0 bridgehead atoms. The van der Waals surface area contributed by atoms with Gasteiger partial charge in [0, 0.05) is 5.69 Å². The lowest BCUT2D eigenvalue weighted by atomic mass is 10.3. The Morgan fingerprint density at radius 1 is 1.00 bits per heavy atom. The summed E-state index contributed by atoms with van der Waals surface area (Å²) in [5, 5.41) is 15.4. The lowest BCUT2D eigenvalue weighted by Crippen LogP contribution is -2.03. The quantitative estimate of drug-likeness (QED) is 0.387. The monoisotopic (exact) mass is 389 g/mol. The maximum Gasteiger partial charge on any atom is 0.245 e. The molecule has 0 radical (unpaired) electrons. The number of halogens is 2. The molecule has 3 aromatic heterocycles. The van der Waals surface area contributed by atoms with E-state index < -0.39 is 0 Å². The fourth-order valence-corrected chi connectivity index (χ4v) is 2.33. The fourth-order valence-electron chi connectivity index (χ4n) is 2.04. The number of fused-ring (bicyclic) bond motifs is 1. The summed E-state index contributed by atoms with van der Waals surface area (Å²) in [7, 11) is 0. The minimum atomic E-state index is 0.236. The van der Waals surface area contributed by atoms with Crippen molar-refractivity contribution in [2.24, 2.45) is 5.10 Å². The van der Waals surface area contributed by atoms with E-state index in [1.54, 1.807) is 36.6 Å². The van der Waals surface area contributed by atoms with Gasteiger partial charge in [0.15, 0.2) is 11.6 Å². The van der Waals surface area contributed by atoms with Crippen molar-refractivity contribution in [2.45, 2.75) is 0 Å². The van der Waals surface area contributed by atoms with Crippen LogP contribution < -0.4 is 10.7 Å². The largest absolute Gasteiger partial charge is 0.463 e. The van der Waals surface area contributed by atoms with Gasteiger partial charge in [-0.3, -0.25) is 5.43 Å². The van der Waals surface area contributed by atoms with Gasteiger partial charge < -0.3 is 9.73 Å². The first-order valence-electron chi connectivity index (χ1n) is 7.24. The molecule has 11 heteroatoms. The molecule has 0 saturated heterocycles. The zero-order valence-electron chi connectivity index (χ0n) is 12.8. The van der Waals surface area contributed by atoms with Crippen LogP contribution in [0.1, 0.15) is 5.76 Å². The standard InChI is InChI=1S/C15H9Cl2N7O2/c16-10-4-3-8(6-11(10)17)19-12-13(21-15-14(20-12)23-26-24-15)22-18-7-9-2-1-5-25-9/h1-7H,(H,19,20,23)(H,21,22,24)/b18-7+. The first-order valence-corrected chi connectivity index (χ1v) is 7.99. The Labute approximate surface area is 156 Å². The molecule has 9 nitrogen and oxygen atoms in total. The van der Waals surface area contributed by atoms with Crippen LogP contribution in [0.5, 0.6) is 0 Å². The number of hydrogen-bond acceptors (Lipinski definition) is 9. The maximum atomic E-state index is 6.04. The number of benzene rings is 1. The fraction of sp³-hybridized carbons (Fsp3) is 0. The van der Waals surface area contributed by atoms with E-state index in [2.05, 4.69) is 40.8 Å². The Morgan fingerprint density at radius 3 is 2.54 bits per heavy atom. The second-order valence-corrected chi connectivity index (χ2v) is 5.79. The van der Waals surface area contributed by atoms with Crippen molar-refractivity contribution in [1.82, 2.24) is 20.3 Å². The van der Waals surface area contributed by atoms with E-state index in [9.17, 15) is 0 Å². The molecule has 4 aromatic rings. The summed E-state index contributed by atoms with van der Waals surface area (Å²) < 4.78 is 9.82. The smallest absolute Gasteiger partial charge is 0.245 e. The van der Waals surface area contributed by atoms with Crippen molar-refractivity contribution in [3.05, 3.63) is 52.4 Å². The Bertz CT molecular complexity index is 1080. The number of furan rings is 1. The predicted molar refractivity (Wildman–Crippen MR) is 97.1 cm³/mol. The third-order valence-electron chi connectivity index (χ3n) is 3.20. The van der Waals surface area contributed by atoms with Crippen LogP contribution in [0.25, 0.3) is 11.3 Å². The van der Waals surface area contributed by atoms with E-state index in [0.717, 1.165) is 0 Å². The van der Waals surface area contributed by atoms with E-state index >= 15 is 0 Å². The normalized spacial score (nSPS) is 11.3. The van der Waals surface area contributed by atoms with Gasteiger partial charge in [0.05, 0.1) is 22.5 Å². The van der Waals surface area contributed by atoms with Crippen LogP contribution in [0.4, 0.5) is 17.3 Å². The summed E-state index contributed by atoms with van der Waals surface area (Å²) in [5.41, 5.74) is 3.92. The molecule has 0 aliphatic heterocycles. The van der Waals surface area contributed by atoms with Gasteiger partial charge in [0.25, 0.3) is 0 Å². The zero-order valence-corrected chi connectivity index (χ0v) is 14.4. The number of anilines is 3. The van der Waals surface area contributed by atoms with Gasteiger partial charge >= 0.3 is 0 Å². The summed E-state index contributed by atoms with van der Waals surface area (Å²) in [6, 6.07) is 8.59. The topological polar surface area (TPSA) is 114 Å². The molecule has 0 atom stereocenters. The molecular weight excluding hydrogens is 381 g/mol. The first kappa shape index (κ1) is 16.3. The van der Waals surface area contributed by atoms with Gasteiger partial charge in [-0.25, -0.2) is 9.61 Å². The van der Waals surface area contributed by atoms with Crippen molar-refractivity contribution in [1.29, 1.82) is 0 Å². The molecule has 0 amide bonds. The number of nitrogens with zero attached hydrogens (tertiary/aromatic N) is 5. The molecule has 0 fully saturated rings. The molecule has 0 unspecified atom stereocenters. The van der Waals surface area contributed by atoms with Crippen LogP contribution >= 0.6 is 23.2 Å². The summed E-state index contributed by atoms with van der Waals surface area (Å²) in [6.45, 7) is 0. The Kier molecular flexibility index (Phi) is 4.38. The zero-order chi connectivity index (χ0) is 17.9. The highest BCUT2D eigenvalue weighted by Crippen LogP contribution is 2.29. The molecule has 0 aliphatic rings. The molecule has 2 N–H and O–H groups in total. The van der Waals surface area contributed by atoms with Crippen LogP contribution in [0.15, 0.2) is 50.7 Å². The van der Waals surface area contributed by atoms with Crippen LogP contribution in [0.3, 0.4) is 0 Å². The third-order valence-corrected chi connectivity index (χ3v) is 3.94. The molecule has 0 aliphatic carbocycles. The van der Waals surface area contributed by atoms with Crippen molar-refractivity contribution in [2.75, 3.05) is 10.7 Å². The molecule has 0 spiro atoms. The Morgan fingerprint density at radius 2 is 1.81 bits per heavy atom. The average molecular weight is 390 g/mol.